The van der Waals surface area contributed by atoms with Crippen molar-refractivity contribution >= 4 is 65.7 Å². The Morgan fingerprint density at radius 2 is 1.52 bits per heavy atom. The van der Waals surface area contributed by atoms with Crippen LogP contribution in [0.25, 0.3) is 42.8 Å². The lowest BCUT2D eigenvalue weighted by Gasteiger charge is -2.33. The van der Waals surface area contributed by atoms with Gasteiger partial charge < -0.3 is 10.6 Å². The van der Waals surface area contributed by atoms with E-state index in [1.54, 1.807) is 17.5 Å². The molecular formula is C35H24N4S. The minimum atomic E-state index is 0.441. The number of aromatic nitrogens is 1. The summed E-state index contributed by atoms with van der Waals surface area (Å²) in [5.41, 5.74) is 14.1. The summed E-state index contributed by atoms with van der Waals surface area (Å²) in [6, 6.07) is 38.6. The Morgan fingerprint density at radius 3 is 2.35 bits per heavy atom. The first kappa shape index (κ1) is 22.9. The number of hydrogen-bond acceptors (Lipinski definition) is 5. The van der Waals surface area contributed by atoms with Gasteiger partial charge in [-0.2, -0.15) is 0 Å². The number of thiophene rings is 1. The van der Waals surface area contributed by atoms with Gasteiger partial charge in [-0.25, -0.2) is 0 Å². The lowest BCUT2D eigenvalue weighted by atomic mass is 9.90. The molecule has 7 aromatic rings. The Labute approximate surface area is 235 Å². The van der Waals surface area contributed by atoms with Crippen LogP contribution in [0.15, 0.2) is 127 Å². The van der Waals surface area contributed by atoms with Gasteiger partial charge in [0.05, 0.1) is 27.7 Å². The van der Waals surface area contributed by atoms with E-state index in [1.165, 1.54) is 32.7 Å². The van der Waals surface area contributed by atoms with Crippen LogP contribution in [0.1, 0.15) is 10.4 Å². The normalized spacial score (nSPS) is 12.8. The van der Waals surface area contributed by atoms with Gasteiger partial charge in [0, 0.05) is 39.0 Å². The standard InChI is InChI=1S/C35H24N4S/c36-33-27-13-3-4-16-31(27)40-35(33)34(25-12-7-17-37-20-25)38-21-39-29-15-6-11-22-10-5-14-26(32(22)29)28-18-23-8-1-2-9-24(23)19-30(28)39/h1-20H,21,36H2. The van der Waals surface area contributed by atoms with E-state index in [-0.39, 0.29) is 0 Å². The molecule has 0 bridgehead atoms. The number of pyridine rings is 1. The summed E-state index contributed by atoms with van der Waals surface area (Å²) in [7, 11) is 0. The smallest absolute Gasteiger partial charge is 0.115 e. The van der Waals surface area contributed by atoms with Crippen molar-refractivity contribution in [3.8, 4) is 11.1 Å². The van der Waals surface area contributed by atoms with Crippen molar-refractivity contribution in [1.82, 2.24) is 4.98 Å². The maximum Gasteiger partial charge on any atom is 0.115 e. The number of nitrogen functional groups attached to an aromatic ring is 1. The highest BCUT2D eigenvalue weighted by atomic mass is 32.1. The van der Waals surface area contributed by atoms with E-state index in [2.05, 4.69) is 107 Å². The minimum Gasteiger partial charge on any atom is -0.397 e. The first-order valence-corrected chi connectivity index (χ1v) is 14.1. The topological polar surface area (TPSA) is 54.5 Å². The summed E-state index contributed by atoms with van der Waals surface area (Å²) in [4.78, 5) is 13.0. The molecule has 0 radical (unpaired) electrons. The lowest BCUT2D eigenvalue weighted by molar-refractivity contribution is 0.986. The van der Waals surface area contributed by atoms with Gasteiger partial charge in [0.15, 0.2) is 0 Å². The summed E-state index contributed by atoms with van der Waals surface area (Å²) < 4.78 is 1.15. The van der Waals surface area contributed by atoms with Gasteiger partial charge in [-0.05, 0) is 58.1 Å². The predicted octanol–water partition coefficient (Wildman–Crippen LogP) is 8.80. The number of rotatable bonds is 4. The highest BCUT2D eigenvalue weighted by Crippen LogP contribution is 2.48. The molecule has 1 aliphatic rings. The molecule has 3 heterocycles. The Morgan fingerprint density at radius 1 is 0.750 bits per heavy atom. The Bertz CT molecular complexity index is 2100. The fourth-order valence-corrected chi connectivity index (χ4v) is 7.05. The maximum absolute atomic E-state index is 6.75. The molecule has 4 nitrogen and oxygen atoms in total. The highest BCUT2D eigenvalue weighted by Gasteiger charge is 2.25. The van der Waals surface area contributed by atoms with Gasteiger partial charge in [0.1, 0.15) is 6.67 Å². The van der Waals surface area contributed by atoms with E-state index >= 15 is 0 Å². The molecule has 0 atom stereocenters. The summed E-state index contributed by atoms with van der Waals surface area (Å²) in [6.07, 6.45) is 3.66. The summed E-state index contributed by atoms with van der Waals surface area (Å²) in [6.45, 7) is 0.441. The average molecular weight is 533 g/mol. The number of fused-ring (bicyclic) bond motifs is 4. The zero-order valence-corrected chi connectivity index (χ0v) is 22.4. The minimum absolute atomic E-state index is 0.441. The monoisotopic (exact) mass is 532 g/mol. The van der Waals surface area contributed by atoms with Gasteiger partial charge in [-0.3, -0.25) is 9.98 Å². The Hall–Kier alpha value is -5.00. The second kappa shape index (κ2) is 9.04. The van der Waals surface area contributed by atoms with Crippen LogP contribution in [0.3, 0.4) is 0 Å². The van der Waals surface area contributed by atoms with Gasteiger partial charge >= 0.3 is 0 Å². The van der Waals surface area contributed by atoms with E-state index < -0.39 is 0 Å². The molecule has 40 heavy (non-hydrogen) atoms. The third kappa shape index (κ3) is 3.52. The quantitative estimate of drug-likeness (QED) is 0.231. The number of nitrogens with two attached hydrogens (primary N) is 1. The first-order valence-electron chi connectivity index (χ1n) is 13.3. The fourth-order valence-electron chi connectivity index (χ4n) is 5.90. The van der Waals surface area contributed by atoms with Crippen LogP contribution in [0, 0.1) is 0 Å². The maximum atomic E-state index is 6.75. The zero-order chi connectivity index (χ0) is 26.6. The molecule has 0 unspecified atom stereocenters. The van der Waals surface area contributed by atoms with E-state index in [4.69, 9.17) is 10.7 Å². The lowest BCUT2D eigenvalue weighted by Crippen LogP contribution is -2.22. The van der Waals surface area contributed by atoms with Crippen molar-refractivity contribution in [3.63, 3.8) is 0 Å². The number of anilines is 3. The van der Waals surface area contributed by atoms with Gasteiger partial charge in [0.2, 0.25) is 0 Å². The molecular weight excluding hydrogens is 508 g/mol. The summed E-state index contributed by atoms with van der Waals surface area (Å²) >= 11 is 1.68. The largest absolute Gasteiger partial charge is 0.397 e. The van der Waals surface area contributed by atoms with Crippen LogP contribution >= 0.6 is 11.3 Å². The summed E-state index contributed by atoms with van der Waals surface area (Å²) in [5.74, 6) is 0. The van der Waals surface area contributed by atoms with Crippen LogP contribution in [0.4, 0.5) is 17.1 Å². The van der Waals surface area contributed by atoms with Crippen molar-refractivity contribution in [2.45, 2.75) is 0 Å². The van der Waals surface area contributed by atoms with Crippen molar-refractivity contribution in [2.24, 2.45) is 4.99 Å². The average Bonchev–Trinajstić information content (AvgIpc) is 3.34. The predicted molar refractivity (Wildman–Crippen MR) is 170 cm³/mol. The molecule has 0 saturated carbocycles. The van der Waals surface area contributed by atoms with Crippen molar-refractivity contribution < 1.29 is 0 Å². The summed E-state index contributed by atoms with van der Waals surface area (Å²) in [5, 5.41) is 5.99. The molecule has 0 amide bonds. The number of aliphatic imine (C=N–C) groups is 1. The number of benzene rings is 5. The number of nitrogens with zero attached hydrogens (tertiary/aromatic N) is 3. The Balaban J connectivity index is 1.35. The zero-order valence-electron chi connectivity index (χ0n) is 21.6. The molecule has 2 N–H and O–H groups in total. The molecule has 0 spiro atoms. The SMILES string of the molecule is Nc1c(C(=NCN2c3cc4ccccc4cc3-c3cccc4cccc2c34)c2cccnc2)sc2ccccc12. The van der Waals surface area contributed by atoms with E-state index in [1.807, 2.05) is 18.3 Å². The van der Waals surface area contributed by atoms with Gasteiger partial charge in [0.25, 0.3) is 0 Å². The molecule has 0 fully saturated rings. The fraction of sp³-hybridized carbons (Fsp3) is 0.0286. The van der Waals surface area contributed by atoms with Crippen LogP contribution < -0.4 is 10.6 Å². The highest BCUT2D eigenvalue weighted by molar-refractivity contribution is 7.21. The second-order valence-corrected chi connectivity index (χ2v) is 11.1. The molecule has 0 aliphatic carbocycles. The third-order valence-corrected chi connectivity index (χ3v) is 8.97. The molecule has 5 aromatic carbocycles. The molecule has 1 aliphatic heterocycles. The number of hydrogen-bond donors (Lipinski definition) is 1. The van der Waals surface area contributed by atoms with Gasteiger partial charge in [-0.15, -0.1) is 11.3 Å². The van der Waals surface area contributed by atoms with Gasteiger partial charge in [-0.1, -0.05) is 72.8 Å². The molecule has 5 heteroatoms. The van der Waals surface area contributed by atoms with E-state index in [9.17, 15) is 0 Å². The third-order valence-electron chi connectivity index (χ3n) is 7.77. The molecule has 190 valence electrons. The molecule has 0 saturated heterocycles. The van der Waals surface area contributed by atoms with Crippen LogP contribution in [0.5, 0.6) is 0 Å². The van der Waals surface area contributed by atoms with Crippen LogP contribution in [0.2, 0.25) is 0 Å². The van der Waals surface area contributed by atoms with Crippen molar-refractivity contribution in [2.75, 3.05) is 17.3 Å². The van der Waals surface area contributed by atoms with E-state index in [0.29, 0.717) is 6.67 Å². The van der Waals surface area contributed by atoms with Crippen molar-refractivity contribution in [1.29, 1.82) is 0 Å². The first-order chi connectivity index (χ1) is 19.8. The molecule has 8 rings (SSSR count). The van der Waals surface area contributed by atoms with Crippen LogP contribution in [-0.4, -0.2) is 17.4 Å². The molecule has 2 aromatic heterocycles. The van der Waals surface area contributed by atoms with Crippen molar-refractivity contribution in [3.05, 3.63) is 132 Å². The van der Waals surface area contributed by atoms with E-state index in [0.717, 1.165) is 43.3 Å². The second-order valence-electron chi connectivity index (χ2n) is 10.1. The van der Waals surface area contributed by atoms with Crippen LogP contribution in [-0.2, 0) is 0 Å². The Kier molecular flexibility index (Phi) is 5.18.